The van der Waals surface area contributed by atoms with Crippen molar-refractivity contribution in [3.8, 4) is 0 Å². The Morgan fingerprint density at radius 2 is 2.12 bits per heavy atom. The average Bonchev–Trinajstić information content (AvgIpc) is 2.25. The summed E-state index contributed by atoms with van der Waals surface area (Å²) in [6.45, 7) is 0.583. The van der Waals surface area contributed by atoms with Gasteiger partial charge in [-0.05, 0) is 19.4 Å². The molecule has 1 aliphatic heterocycles. The molecule has 0 unspecified atom stereocenters. The summed E-state index contributed by atoms with van der Waals surface area (Å²) >= 11 is 0. The minimum atomic E-state index is -4.38. The van der Waals surface area contributed by atoms with E-state index in [2.05, 4.69) is 10.1 Å². The molecule has 1 saturated heterocycles. The van der Waals surface area contributed by atoms with Crippen LogP contribution in [0.1, 0.15) is 12.8 Å². The minimum Gasteiger partial charge on any atom is -0.468 e. The van der Waals surface area contributed by atoms with Gasteiger partial charge in [-0.2, -0.15) is 0 Å². The second-order valence-electron chi connectivity index (χ2n) is 3.99. The van der Waals surface area contributed by atoms with E-state index in [9.17, 15) is 14.2 Å². The number of ketones is 1. The predicted molar refractivity (Wildman–Crippen MR) is 58.4 cm³/mol. The first-order chi connectivity index (χ1) is 7.85. The summed E-state index contributed by atoms with van der Waals surface area (Å²) < 4.78 is 15.3. The molecule has 1 fully saturated rings. The van der Waals surface area contributed by atoms with E-state index in [-0.39, 0.29) is 0 Å². The number of Topliss-reactive ketones (excluding diaryl/α,β-unsaturated/α-hetero) is 1. The van der Waals surface area contributed by atoms with Crippen LogP contribution in [-0.2, 0) is 18.9 Å². The zero-order valence-electron chi connectivity index (χ0n) is 9.46. The van der Waals surface area contributed by atoms with Gasteiger partial charge in [-0.3, -0.25) is 14.2 Å². The van der Waals surface area contributed by atoms with Gasteiger partial charge in [0.1, 0.15) is 18.0 Å². The van der Waals surface area contributed by atoms with Crippen molar-refractivity contribution in [1.82, 2.24) is 5.32 Å². The molecule has 1 rings (SSSR count). The fourth-order valence-electron chi connectivity index (χ4n) is 1.93. The van der Waals surface area contributed by atoms with Crippen molar-refractivity contribution in [2.75, 3.05) is 19.8 Å². The monoisotopic (exact) mass is 265 g/mol. The molecule has 1 heterocycles. The number of carbonyl (C=O) groups is 2. The van der Waals surface area contributed by atoms with Crippen molar-refractivity contribution in [3.63, 3.8) is 0 Å². The lowest BCUT2D eigenvalue weighted by Crippen LogP contribution is -2.50. The Morgan fingerprint density at radius 1 is 1.47 bits per heavy atom. The first-order valence-electron chi connectivity index (χ1n) is 5.23. The van der Waals surface area contributed by atoms with Gasteiger partial charge in [0.05, 0.1) is 7.11 Å². The maximum atomic E-state index is 11.7. The van der Waals surface area contributed by atoms with E-state index in [0.717, 1.165) is 0 Å². The molecule has 0 aromatic heterocycles. The predicted octanol–water partition coefficient (Wildman–Crippen LogP) is -0.726. The lowest BCUT2D eigenvalue weighted by Gasteiger charge is -2.29. The molecule has 0 radical (unpaired) electrons. The smallest absolute Gasteiger partial charge is 0.332 e. The Balaban J connectivity index is 2.74. The van der Waals surface area contributed by atoms with E-state index >= 15 is 0 Å². The Morgan fingerprint density at radius 3 is 2.65 bits per heavy atom. The molecule has 0 spiro atoms. The Kier molecular flexibility index (Phi) is 4.82. The lowest BCUT2D eigenvalue weighted by atomic mass is 9.88. The molecule has 0 bridgehead atoms. The topological polar surface area (TPSA) is 113 Å². The number of esters is 1. The molecule has 0 aromatic rings. The molecular weight excluding hydrogens is 249 g/mol. The number of carbonyl (C=O) groups excluding carboxylic acids is 2. The van der Waals surface area contributed by atoms with E-state index in [1.807, 2.05) is 0 Å². The van der Waals surface area contributed by atoms with Crippen LogP contribution in [0, 0.1) is 5.92 Å². The molecule has 7 nitrogen and oxygen atoms in total. The average molecular weight is 265 g/mol. The number of rotatable bonds is 4. The zero-order chi connectivity index (χ0) is 13.1. The van der Waals surface area contributed by atoms with Crippen molar-refractivity contribution in [1.29, 1.82) is 0 Å². The number of hydrogen-bond donors (Lipinski definition) is 3. The lowest BCUT2D eigenvalue weighted by molar-refractivity contribution is -0.147. The van der Waals surface area contributed by atoms with Gasteiger partial charge >= 0.3 is 13.6 Å². The van der Waals surface area contributed by atoms with Crippen LogP contribution in [0.2, 0.25) is 0 Å². The minimum absolute atomic E-state index is 0.436. The van der Waals surface area contributed by atoms with Crippen LogP contribution in [0.15, 0.2) is 0 Å². The summed E-state index contributed by atoms with van der Waals surface area (Å²) in [5.41, 5.74) is 0. The largest absolute Gasteiger partial charge is 0.468 e. The molecule has 3 N–H and O–H groups in total. The second kappa shape index (κ2) is 5.73. The molecule has 98 valence electrons. The summed E-state index contributed by atoms with van der Waals surface area (Å²) in [5, 5.41) is 2.84. The molecule has 8 heteroatoms. The van der Waals surface area contributed by atoms with Crippen molar-refractivity contribution >= 4 is 19.3 Å². The Bertz CT molecular complexity index is 351. The van der Waals surface area contributed by atoms with Gasteiger partial charge in [0.2, 0.25) is 0 Å². The molecule has 17 heavy (non-hydrogen) atoms. The van der Waals surface area contributed by atoms with Crippen LogP contribution in [0.25, 0.3) is 0 Å². The van der Waals surface area contributed by atoms with Crippen LogP contribution >= 0.6 is 7.60 Å². The van der Waals surface area contributed by atoms with Gasteiger partial charge in [-0.25, -0.2) is 0 Å². The standard InChI is InChI=1S/C9H16NO6P/c1-16-9(12)8-6(3-2-4-10-8)7(11)5-17(13,14)15/h6,8,10H,2-5H2,1H3,(H2,13,14,15)/t6-,8+/m0/s1. The van der Waals surface area contributed by atoms with Gasteiger partial charge < -0.3 is 19.8 Å². The third-order valence-corrected chi connectivity index (χ3v) is 3.41. The molecule has 1 aliphatic rings. The highest BCUT2D eigenvalue weighted by atomic mass is 31.2. The molecule has 0 aromatic carbocycles. The van der Waals surface area contributed by atoms with Gasteiger partial charge in [-0.1, -0.05) is 0 Å². The van der Waals surface area contributed by atoms with E-state index in [1.54, 1.807) is 0 Å². The Hall–Kier alpha value is -0.750. The molecule has 0 saturated carbocycles. The van der Waals surface area contributed by atoms with Crippen LogP contribution < -0.4 is 5.32 Å². The van der Waals surface area contributed by atoms with Crippen molar-refractivity contribution in [3.05, 3.63) is 0 Å². The van der Waals surface area contributed by atoms with Crippen LogP contribution in [0.4, 0.5) is 0 Å². The van der Waals surface area contributed by atoms with Crippen molar-refractivity contribution < 1.29 is 28.7 Å². The van der Waals surface area contributed by atoms with Gasteiger partial charge in [0.25, 0.3) is 0 Å². The summed E-state index contributed by atoms with van der Waals surface area (Å²) in [6.07, 6.45) is 0.295. The van der Waals surface area contributed by atoms with Crippen molar-refractivity contribution in [2.45, 2.75) is 18.9 Å². The number of piperidine rings is 1. The van der Waals surface area contributed by atoms with Crippen LogP contribution in [0.3, 0.4) is 0 Å². The third-order valence-electron chi connectivity index (χ3n) is 2.69. The highest BCUT2D eigenvalue weighted by molar-refractivity contribution is 7.52. The molecule has 2 atom stereocenters. The third kappa shape index (κ3) is 4.20. The maximum absolute atomic E-state index is 11.7. The number of methoxy groups -OCH3 is 1. The van der Waals surface area contributed by atoms with Gasteiger partial charge in [0, 0.05) is 5.92 Å². The van der Waals surface area contributed by atoms with Gasteiger partial charge in [-0.15, -0.1) is 0 Å². The van der Waals surface area contributed by atoms with Crippen LogP contribution in [-0.4, -0.2) is 47.4 Å². The highest BCUT2D eigenvalue weighted by Gasteiger charge is 2.38. The number of hydrogen-bond acceptors (Lipinski definition) is 5. The number of nitrogens with one attached hydrogen (secondary N) is 1. The Labute approximate surface area is 98.7 Å². The van der Waals surface area contributed by atoms with E-state index in [0.29, 0.717) is 19.4 Å². The van der Waals surface area contributed by atoms with Gasteiger partial charge in [0.15, 0.2) is 0 Å². The second-order valence-corrected chi connectivity index (χ2v) is 5.64. The number of ether oxygens (including phenoxy) is 1. The van der Waals surface area contributed by atoms with Crippen molar-refractivity contribution in [2.24, 2.45) is 5.92 Å². The van der Waals surface area contributed by atoms with E-state index in [4.69, 9.17) is 9.79 Å². The summed E-state index contributed by atoms with van der Waals surface area (Å²) in [4.78, 5) is 40.6. The first-order valence-corrected chi connectivity index (χ1v) is 7.03. The highest BCUT2D eigenvalue weighted by Crippen LogP contribution is 2.36. The quantitative estimate of drug-likeness (QED) is 0.454. The normalized spacial score (nSPS) is 25.4. The van der Waals surface area contributed by atoms with E-state index < -0.39 is 37.5 Å². The zero-order valence-corrected chi connectivity index (χ0v) is 10.4. The molecule has 0 aliphatic carbocycles. The van der Waals surface area contributed by atoms with E-state index in [1.165, 1.54) is 7.11 Å². The molecular formula is C9H16NO6P. The summed E-state index contributed by atoms with van der Waals surface area (Å²) in [5.74, 6) is -1.89. The SMILES string of the molecule is COC(=O)[C@@H]1NCCC[C@H]1C(=O)CP(=O)(O)O. The maximum Gasteiger partial charge on any atom is 0.332 e. The fourth-order valence-corrected chi connectivity index (χ4v) is 2.57. The summed E-state index contributed by atoms with van der Waals surface area (Å²) in [6, 6.07) is -0.798. The molecule has 0 amide bonds. The first kappa shape index (κ1) is 14.3. The van der Waals surface area contributed by atoms with Crippen LogP contribution in [0.5, 0.6) is 0 Å². The summed E-state index contributed by atoms with van der Waals surface area (Å²) in [7, 11) is -3.17. The fraction of sp³-hybridized carbons (Fsp3) is 0.778.